The smallest absolute Gasteiger partial charge is 0.347 e. The summed E-state index contributed by atoms with van der Waals surface area (Å²) < 4.78 is 10.9. The number of imidazole rings is 1. The minimum atomic E-state index is -1.03. The lowest BCUT2D eigenvalue weighted by Crippen LogP contribution is -2.35. The number of aromatic amines is 2. The summed E-state index contributed by atoms with van der Waals surface area (Å²) in [7, 11) is 0. The molecule has 0 saturated carbocycles. The minimum Gasteiger partial charge on any atom is -0.479 e. The quantitative estimate of drug-likeness (QED) is 0.523. The van der Waals surface area contributed by atoms with Gasteiger partial charge in [0, 0.05) is 5.69 Å². The third kappa shape index (κ3) is 5.53. The van der Waals surface area contributed by atoms with E-state index in [1.54, 1.807) is 25.1 Å². The molecule has 0 aliphatic heterocycles. The van der Waals surface area contributed by atoms with Crippen molar-refractivity contribution in [1.82, 2.24) is 9.97 Å². The number of ether oxygens (including phenoxy) is 2. The molecule has 0 radical (unpaired) electrons. The van der Waals surface area contributed by atoms with Crippen molar-refractivity contribution in [3.05, 3.63) is 58.5 Å². The van der Waals surface area contributed by atoms with Crippen LogP contribution >= 0.6 is 0 Å². The number of hydrogen-bond donors (Lipinski definition) is 3. The zero-order valence-electron chi connectivity index (χ0n) is 18.2. The van der Waals surface area contributed by atoms with Crippen molar-refractivity contribution >= 4 is 28.6 Å². The zero-order valence-corrected chi connectivity index (χ0v) is 18.2. The molecule has 0 bridgehead atoms. The van der Waals surface area contributed by atoms with Gasteiger partial charge in [0.2, 0.25) is 0 Å². The Hall–Kier alpha value is -3.55. The predicted octanol–water partition coefficient (Wildman–Crippen LogP) is 3.49. The molecule has 0 aliphatic carbocycles. The normalized spacial score (nSPS) is 13.5. The second-order valence-electron chi connectivity index (χ2n) is 8.44. The van der Waals surface area contributed by atoms with E-state index in [4.69, 9.17) is 9.47 Å². The van der Waals surface area contributed by atoms with Gasteiger partial charge in [-0.05, 0) is 55.2 Å². The molecule has 164 valence electrons. The Kier molecular flexibility index (Phi) is 6.19. The first-order chi connectivity index (χ1) is 14.5. The Labute approximate surface area is 180 Å². The lowest BCUT2D eigenvalue weighted by molar-refractivity contribution is -0.159. The van der Waals surface area contributed by atoms with E-state index in [1.165, 1.54) is 6.92 Å². The number of carbonyl (C=O) groups excluding carboxylic acids is 2. The molecule has 0 saturated heterocycles. The van der Waals surface area contributed by atoms with Crippen LogP contribution in [0.5, 0.6) is 5.75 Å². The second kappa shape index (κ2) is 8.67. The average Bonchev–Trinajstić information content (AvgIpc) is 3.06. The van der Waals surface area contributed by atoms with Crippen LogP contribution in [0.1, 0.15) is 40.2 Å². The van der Waals surface area contributed by atoms with Gasteiger partial charge in [0.25, 0.3) is 5.91 Å². The Balaban J connectivity index is 1.55. The number of fused-ring (bicyclic) bond motifs is 1. The molecule has 0 unspecified atom stereocenters. The first kappa shape index (κ1) is 22.1. The van der Waals surface area contributed by atoms with Crippen molar-refractivity contribution in [2.45, 2.75) is 52.2 Å². The summed E-state index contributed by atoms with van der Waals surface area (Å²) in [5.41, 5.74) is 2.51. The second-order valence-corrected chi connectivity index (χ2v) is 8.44. The Bertz CT molecular complexity index is 1140. The summed E-state index contributed by atoms with van der Waals surface area (Å²) in [6.07, 6.45) is -1.90. The van der Waals surface area contributed by atoms with Crippen LogP contribution in [0, 0.1) is 0 Å². The molecule has 2 atom stereocenters. The lowest BCUT2D eigenvalue weighted by Gasteiger charge is -2.20. The van der Waals surface area contributed by atoms with Gasteiger partial charge in [0.1, 0.15) is 5.75 Å². The van der Waals surface area contributed by atoms with Crippen LogP contribution in [0.2, 0.25) is 0 Å². The third-order valence-electron chi connectivity index (χ3n) is 4.81. The number of anilines is 1. The summed E-state index contributed by atoms with van der Waals surface area (Å²) >= 11 is 0. The van der Waals surface area contributed by atoms with Gasteiger partial charge in [0.15, 0.2) is 12.2 Å². The first-order valence-corrected chi connectivity index (χ1v) is 10.0. The molecule has 1 heterocycles. The standard InChI is InChI=1S/C23H27N3O5/c1-13(20(27)24-16-8-11-18-19(12-16)26-22(29)25-18)31-21(28)14(2)30-17-9-6-15(7-10-17)23(3,4)5/h6-14H,1-5H3,(H,24,27)(H2,25,26,29)/t13-,14+/m1/s1. The van der Waals surface area contributed by atoms with Gasteiger partial charge in [-0.3, -0.25) is 4.79 Å². The minimum absolute atomic E-state index is 0.0206. The average molecular weight is 425 g/mol. The molecule has 1 amide bonds. The first-order valence-electron chi connectivity index (χ1n) is 10.0. The monoisotopic (exact) mass is 425 g/mol. The summed E-state index contributed by atoms with van der Waals surface area (Å²) in [4.78, 5) is 41.3. The number of amides is 1. The maximum Gasteiger partial charge on any atom is 0.347 e. The summed E-state index contributed by atoms with van der Waals surface area (Å²) in [5, 5.41) is 2.66. The predicted molar refractivity (Wildman–Crippen MR) is 118 cm³/mol. The SMILES string of the molecule is C[C@H](Oc1ccc(C(C)(C)C)cc1)C(=O)O[C@H](C)C(=O)Nc1ccc2[nH]c(=O)[nH]c2c1. The van der Waals surface area contributed by atoms with E-state index >= 15 is 0 Å². The van der Waals surface area contributed by atoms with Crippen LogP contribution in [0.3, 0.4) is 0 Å². The molecule has 1 aromatic heterocycles. The largest absolute Gasteiger partial charge is 0.479 e. The molecule has 8 nitrogen and oxygen atoms in total. The molecule has 31 heavy (non-hydrogen) atoms. The lowest BCUT2D eigenvalue weighted by atomic mass is 9.87. The van der Waals surface area contributed by atoms with Crippen LogP contribution in [0.4, 0.5) is 5.69 Å². The number of nitrogens with one attached hydrogen (secondary N) is 3. The van der Waals surface area contributed by atoms with Crippen LogP contribution in [0.25, 0.3) is 11.0 Å². The van der Waals surface area contributed by atoms with E-state index in [0.717, 1.165) is 5.56 Å². The summed E-state index contributed by atoms with van der Waals surface area (Å²) in [6.45, 7) is 9.40. The maximum atomic E-state index is 12.4. The number of H-pyrrole nitrogens is 2. The van der Waals surface area contributed by atoms with E-state index in [9.17, 15) is 14.4 Å². The molecule has 0 spiro atoms. The molecule has 0 aliphatic rings. The van der Waals surface area contributed by atoms with E-state index in [2.05, 4.69) is 36.1 Å². The number of benzene rings is 2. The van der Waals surface area contributed by atoms with Crippen LogP contribution in [0.15, 0.2) is 47.3 Å². The molecule has 0 fully saturated rings. The molecular formula is C23H27N3O5. The molecule has 3 N–H and O–H groups in total. The molecule has 2 aromatic carbocycles. The van der Waals surface area contributed by atoms with Gasteiger partial charge in [0.05, 0.1) is 11.0 Å². The Morgan fingerprint density at radius 2 is 1.58 bits per heavy atom. The number of esters is 1. The van der Waals surface area contributed by atoms with Crippen molar-refractivity contribution in [2.75, 3.05) is 5.32 Å². The van der Waals surface area contributed by atoms with Crippen LogP contribution in [-0.2, 0) is 19.7 Å². The van der Waals surface area contributed by atoms with E-state index in [-0.39, 0.29) is 11.1 Å². The third-order valence-corrected chi connectivity index (χ3v) is 4.81. The fourth-order valence-corrected chi connectivity index (χ4v) is 2.96. The van der Waals surface area contributed by atoms with Gasteiger partial charge in [-0.15, -0.1) is 0 Å². The molecular weight excluding hydrogens is 398 g/mol. The Morgan fingerprint density at radius 1 is 0.935 bits per heavy atom. The number of aromatic nitrogens is 2. The number of carbonyl (C=O) groups is 2. The van der Waals surface area contributed by atoms with Crippen molar-refractivity contribution in [3.63, 3.8) is 0 Å². The van der Waals surface area contributed by atoms with Crippen molar-refractivity contribution in [1.29, 1.82) is 0 Å². The highest BCUT2D eigenvalue weighted by Gasteiger charge is 2.24. The maximum absolute atomic E-state index is 12.4. The molecule has 8 heteroatoms. The Morgan fingerprint density at radius 3 is 2.23 bits per heavy atom. The van der Waals surface area contributed by atoms with Crippen LogP contribution in [-0.4, -0.2) is 34.1 Å². The highest BCUT2D eigenvalue weighted by molar-refractivity contribution is 5.96. The topological polar surface area (TPSA) is 113 Å². The number of hydrogen-bond acceptors (Lipinski definition) is 5. The molecule has 3 aromatic rings. The van der Waals surface area contributed by atoms with Crippen molar-refractivity contribution in [2.24, 2.45) is 0 Å². The summed E-state index contributed by atoms with van der Waals surface area (Å²) in [5.74, 6) is -0.594. The van der Waals surface area contributed by atoms with Gasteiger partial charge >= 0.3 is 11.7 Å². The fourth-order valence-electron chi connectivity index (χ4n) is 2.96. The van der Waals surface area contributed by atoms with E-state index in [0.29, 0.717) is 22.5 Å². The fraction of sp³-hybridized carbons (Fsp3) is 0.348. The highest BCUT2D eigenvalue weighted by atomic mass is 16.6. The van der Waals surface area contributed by atoms with Crippen molar-refractivity contribution in [3.8, 4) is 5.75 Å². The number of rotatable bonds is 6. The van der Waals surface area contributed by atoms with E-state index in [1.807, 2.05) is 24.3 Å². The van der Waals surface area contributed by atoms with Gasteiger partial charge in [-0.2, -0.15) is 0 Å². The van der Waals surface area contributed by atoms with Gasteiger partial charge < -0.3 is 24.8 Å². The van der Waals surface area contributed by atoms with Gasteiger partial charge in [-0.1, -0.05) is 32.9 Å². The van der Waals surface area contributed by atoms with Gasteiger partial charge in [-0.25, -0.2) is 9.59 Å². The zero-order chi connectivity index (χ0) is 22.8. The summed E-state index contributed by atoms with van der Waals surface area (Å²) in [6, 6.07) is 12.5. The molecule has 3 rings (SSSR count). The highest BCUT2D eigenvalue weighted by Crippen LogP contribution is 2.24. The van der Waals surface area contributed by atoms with Crippen molar-refractivity contribution < 1.29 is 19.1 Å². The van der Waals surface area contributed by atoms with E-state index < -0.39 is 24.1 Å². The van der Waals surface area contributed by atoms with Crippen LogP contribution < -0.4 is 15.7 Å².